The van der Waals surface area contributed by atoms with Crippen LogP contribution in [0.1, 0.15) is 109 Å². The highest BCUT2D eigenvalue weighted by Gasteiger charge is 2.37. The SMILES string of the molecule is CCCC(CCCC1=CCC(c2ccc3c(c2)C(C)(C)CCC3(C)C)=CS1)C(=N)C[C@@H](N)CO. The normalized spacial score (nSPS) is 20.7. The number of aliphatic hydroxyl groups excluding tert-OH is 1. The van der Waals surface area contributed by atoms with Crippen molar-refractivity contribution in [1.82, 2.24) is 0 Å². The second-order valence-corrected chi connectivity index (χ2v) is 12.7. The Kier molecular flexibility index (Phi) is 9.28. The zero-order valence-electron chi connectivity index (χ0n) is 22.0. The largest absolute Gasteiger partial charge is 0.395 e. The third-order valence-electron chi connectivity index (χ3n) is 7.95. The highest BCUT2D eigenvalue weighted by atomic mass is 32.2. The zero-order valence-corrected chi connectivity index (χ0v) is 22.9. The fourth-order valence-corrected chi connectivity index (χ4v) is 6.45. The lowest BCUT2D eigenvalue weighted by molar-refractivity contribution is 0.267. The van der Waals surface area contributed by atoms with E-state index in [1.54, 1.807) is 0 Å². The Hall–Kier alpha value is -1.36. The first kappa shape index (κ1) is 27.2. The fourth-order valence-electron chi connectivity index (χ4n) is 5.48. The Balaban J connectivity index is 1.58. The summed E-state index contributed by atoms with van der Waals surface area (Å²) in [6.07, 6.45) is 11.8. The third kappa shape index (κ3) is 6.65. The van der Waals surface area contributed by atoms with Crippen molar-refractivity contribution < 1.29 is 5.11 Å². The summed E-state index contributed by atoms with van der Waals surface area (Å²) in [6.45, 7) is 11.7. The number of nitrogens with one attached hydrogen (secondary N) is 1. The molecule has 1 heterocycles. The summed E-state index contributed by atoms with van der Waals surface area (Å²) in [6, 6.07) is 6.90. The van der Waals surface area contributed by atoms with E-state index in [0.717, 1.165) is 44.2 Å². The van der Waals surface area contributed by atoms with Crippen molar-refractivity contribution in [1.29, 1.82) is 5.41 Å². The molecule has 0 saturated heterocycles. The van der Waals surface area contributed by atoms with Crippen LogP contribution in [0.5, 0.6) is 0 Å². The van der Waals surface area contributed by atoms with Gasteiger partial charge in [0.15, 0.2) is 0 Å². The maximum absolute atomic E-state index is 9.21. The van der Waals surface area contributed by atoms with Gasteiger partial charge in [-0.15, -0.1) is 11.8 Å². The Morgan fingerprint density at radius 1 is 1.12 bits per heavy atom. The van der Waals surface area contributed by atoms with Crippen molar-refractivity contribution in [3.63, 3.8) is 0 Å². The van der Waals surface area contributed by atoms with E-state index in [1.807, 2.05) is 11.8 Å². The first-order chi connectivity index (χ1) is 16.1. The van der Waals surface area contributed by atoms with Gasteiger partial charge in [-0.05, 0) is 94.3 Å². The molecule has 4 heteroatoms. The van der Waals surface area contributed by atoms with Gasteiger partial charge < -0.3 is 16.2 Å². The van der Waals surface area contributed by atoms with Crippen LogP contribution < -0.4 is 5.73 Å². The van der Waals surface area contributed by atoms with Crippen molar-refractivity contribution in [2.24, 2.45) is 11.7 Å². The Labute approximate surface area is 212 Å². The number of thioether (sulfide) groups is 1. The number of fused-ring (bicyclic) bond motifs is 1. The third-order valence-corrected chi connectivity index (χ3v) is 9.02. The van der Waals surface area contributed by atoms with E-state index in [0.29, 0.717) is 12.3 Å². The summed E-state index contributed by atoms with van der Waals surface area (Å²) in [5.74, 6) is 0.297. The van der Waals surface area contributed by atoms with Gasteiger partial charge in [-0.3, -0.25) is 0 Å². The molecule has 0 saturated carbocycles. The highest BCUT2D eigenvalue weighted by molar-refractivity contribution is 8.06. The molecule has 4 N–H and O–H groups in total. The Bertz CT molecular complexity index is 928. The van der Waals surface area contributed by atoms with Crippen molar-refractivity contribution >= 4 is 23.0 Å². The molecule has 0 fully saturated rings. The first-order valence-corrected chi connectivity index (χ1v) is 14.1. The van der Waals surface area contributed by atoms with Crippen molar-refractivity contribution in [3.8, 4) is 0 Å². The molecule has 3 nitrogen and oxygen atoms in total. The maximum Gasteiger partial charge on any atom is 0.0586 e. The Morgan fingerprint density at radius 2 is 1.82 bits per heavy atom. The minimum atomic E-state index is -0.299. The van der Waals surface area contributed by atoms with Crippen LogP contribution >= 0.6 is 11.8 Å². The number of hydrogen-bond acceptors (Lipinski definition) is 4. The van der Waals surface area contributed by atoms with E-state index in [9.17, 15) is 5.11 Å². The standard InChI is InChI=1S/C30H46N2OS/c1-6-8-21(28(32)18-24(31)19-33)9-7-10-25-13-11-23(20-34-25)22-12-14-26-27(17-22)30(4,5)16-15-29(26,2)3/h12-14,17,20-21,24,32-33H,6-11,15-16,18-19,31H2,1-5H3/t21?,24-/m1/s1. The van der Waals surface area contributed by atoms with Crippen molar-refractivity contribution in [2.45, 2.75) is 109 Å². The van der Waals surface area contributed by atoms with E-state index in [-0.39, 0.29) is 23.5 Å². The van der Waals surface area contributed by atoms with E-state index in [4.69, 9.17) is 11.1 Å². The predicted molar refractivity (Wildman–Crippen MR) is 150 cm³/mol. The van der Waals surface area contributed by atoms with Gasteiger partial charge in [0, 0.05) is 18.2 Å². The molecular formula is C30H46N2OS. The van der Waals surface area contributed by atoms with E-state index < -0.39 is 0 Å². The monoisotopic (exact) mass is 482 g/mol. The lowest BCUT2D eigenvalue weighted by Gasteiger charge is -2.42. The molecule has 0 spiro atoms. The second kappa shape index (κ2) is 11.6. The molecule has 1 aliphatic carbocycles. The molecule has 0 aromatic heterocycles. The Morgan fingerprint density at radius 3 is 2.44 bits per heavy atom. The van der Waals surface area contributed by atoms with Gasteiger partial charge in [0.1, 0.15) is 0 Å². The molecule has 188 valence electrons. The summed E-state index contributed by atoms with van der Waals surface area (Å²) < 4.78 is 0. The topological polar surface area (TPSA) is 70.1 Å². The molecule has 34 heavy (non-hydrogen) atoms. The summed E-state index contributed by atoms with van der Waals surface area (Å²) >= 11 is 1.88. The van der Waals surface area contributed by atoms with Gasteiger partial charge in [0.2, 0.25) is 0 Å². The fraction of sp³-hybridized carbons (Fsp3) is 0.633. The van der Waals surface area contributed by atoms with Crippen molar-refractivity contribution in [3.05, 3.63) is 51.3 Å². The number of allylic oxidation sites excluding steroid dienone is 3. The van der Waals surface area contributed by atoms with Gasteiger partial charge in [-0.2, -0.15) is 0 Å². The van der Waals surface area contributed by atoms with Crippen LogP contribution in [0.15, 0.2) is 34.6 Å². The van der Waals surface area contributed by atoms with Gasteiger partial charge in [0.05, 0.1) is 6.61 Å². The quantitative estimate of drug-likeness (QED) is 0.283. The molecule has 0 radical (unpaired) electrons. The molecule has 1 aliphatic heterocycles. The minimum absolute atomic E-state index is 0.0428. The molecular weight excluding hydrogens is 436 g/mol. The average molecular weight is 483 g/mol. The molecule has 0 bridgehead atoms. The van der Waals surface area contributed by atoms with Gasteiger partial charge in [-0.25, -0.2) is 0 Å². The van der Waals surface area contributed by atoms with E-state index in [1.165, 1.54) is 40.0 Å². The van der Waals surface area contributed by atoms with Crippen molar-refractivity contribution in [2.75, 3.05) is 6.61 Å². The zero-order chi connectivity index (χ0) is 24.9. The number of aliphatic hydroxyl groups is 1. The van der Waals surface area contributed by atoms with Crippen LogP contribution in [0.3, 0.4) is 0 Å². The molecule has 1 aromatic rings. The van der Waals surface area contributed by atoms with E-state index in [2.05, 4.69) is 64.3 Å². The van der Waals surface area contributed by atoms with Crippen LogP contribution in [0.25, 0.3) is 5.57 Å². The lowest BCUT2D eigenvalue weighted by Crippen LogP contribution is -2.33. The lowest BCUT2D eigenvalue weighted by atomic mass is 9.63. The second-order valence-electron chi connectivity index (χ2n) is 11.7. The minimum Gasteiger partial charge on any atom is -0.395 e. The predicted octanol–water partition coefficient (Wildman–Crippen LogP) is 7.71. The van der Waals surface area contributed by atoms with Gasteiger partial charge in [0.25, 0.3) is 0 Å². The molecule has 1 unspecified atom stereocenters. The number of nitrogens with two attached hydrogens (primary N) is 1. The maximum atomic E-state index is 9.21. The average Bonchev–Trinajstić information content (AvgIpc) is 2.81. The molecule has 2 aliphatic rings. The van der Waals surface area contributed by atoms with Crippen LogP contribution in [0.4, 0.5) is 0 Å². The highest BCUT2D eigenvalue weighted by Crippen LogP contribution is 2.47. The summed E-state index contributed by atoms with van der Waals surface area (Å²) in [4.78, 5) is 1.46. The first-order valence-electron chi connectivity index (χ1n) is 13.2. The van der Waals surface area contributed by atoms with Crippen LogP contribution in [0.2, 0.25) is 0 Å². The number of rotatable bonds is 11. The van der Waals surface area contributed by atoms with Gasteiger partial charge >= 0.3 is 0 Å². The number of benzene rings is 1. The molecule has 1 aromatic carbocycles. The summed E-state index contributed by atoms with van der Waals surface area (Å²) in [5, 5.41) is 20.0. The molecule has 3 rings (SSSR count). The van der Waals surface area contributed by atoms with Gasteiger partial charge in [-0.1, -0.05) is 65.3 Å². The molecule has 0 amide bonds. The van der Waals surface area contributed by atoms with E-state index >= 15 is 0 Å². The van der Waals surface area contributed by atoms with Crippen LogP contribution in [-0.2, 0) is 10.8 Å². The number of hydrogen-bond donors (Lipinski definition) is 3. The molecule has 2 atom stereocenters. The smallest absolute Gasteiger partial charge is 0.0586 e. The van der Waals surface area contributed by atoms with Crippen LogP contribution in [-0.4, -0.2) is 23.5 Å². The van der Waals surface area contributed by atoms with Crippen LogP contribution in [0, 0.1) is 11.3 Å². The summed E-state index contributed by atoms with van der Waals surface area (Å²) in [5.41, 5.74) is 13.0. The summed E-state index contributed by atoms with van der Waals surface area (Å²) in [7, 11) is 0.